The third-order valence-corrected chi connectivity index (χ3v) is 4.07. The minimum Gasteiger partial charge on any atom is -0.381 e. The molecule has 2 nitrogen and oxygen atoms in total. The number of rotatable bonds is 5. The smallest absolute Gasteiger partial charge is 0.381 e. The zero-order valence-electron chi connectivity index (χ0n) is 11.8. The number of hydrogen-bond donors (Lipinski definition) is 0. The average Bonchev–Trinajstić information content (AvgIpc) is 2.47. The van der Waals surface area contributed by atoms with E-state index in [0.717, 1.165) is 5.56 Å². The molecule has 2 rings (SSSR count). The van der Waals surface area contributed by atoms with E-state index in [9.17, 15) is 18.0 Å². The Labute approximate surface area is 122 Å². The molecule has 0 atom stereocenters. The predicted octanol–water partition coefficient (Wildman–Crippen LogP) is 4.04. The van der Waals surface area contributed by atoms with Crippen LogP contribution >= 0.6 is 0 Å². The summed E-state index contributed by atoms with van der Waals surface area (Å²) in [6.07, 6.45) is -4.19. The van der Waals surface area contributed by atoms with Gasteiger partial charge in [0, 0.05) is 26.1 Å². The van der Waals surface area contributed by atoms with Crippen LogP contribution in [0.1, 0.15) is 37.7 Å². The Morgan fingerprint density at radius 2 is 1.76 bits per heavy atom. The van der Waals surface area contributed by atoms with Gasteiger partial charge in [0.05, 0.1) is 5.41 Å². The van der Waals surface area contributed by atoms with Gasteiger partial charge < -0.3 is 4.74 Å². The van der Waals surface area contributed by atoms with Gasteiger partial charge >= 0.3 is 6.18 Å². The molecule has 1 heterocycles. The molecule has 1 saturated heterocycles. The summed E-state index contributed by atoms with van der Waals surface area (Å²) in [5.41, 5.74) is 0.218. The highest BCUT2D eigenvalue weighted by Gasteiger charge is 2.41. The summed E-state index contributed by atoms with van der Waals surface area (Å²) < 4.78 is 42.0. The summed E-state index contributed by atoms with van der Waals surface area (Å²) in [5.74, 6) is -0.0961. The van der Waals surface area contributed by atoms with Crippen molar-refractivity contribution < 1.29 is 22.7 Å². The van der Waals surface area contributed by atoms with Crippen molar-refractivity contribution in [2.75, 3.05) is 13.2 Å². The highest BCUT2D eigenvalue weighted by molar-refractivity contribution is 5.90. The molecule has 1 aliphatic rings. The quantitative estimate of drug-likeness (QED) is 0.820. The van der Waals surface area contributed by atoms with Crippen LogP contribution in [0.25, 0.3) is 0 Å². The molecule has 0 spiro atoms. The van der Waals surface area contributed by atoms with Crippen LogP contribution in [0.4, 0.5) is 13.2 Å². The van der Waals surface area contributed by atoms with Gasteiger partial charge in [0.1, 0.15) is 5.78 Å². The summed E-state index contributed by atoms with van der Waals surface area (Å²) in [6.45, 7) is 0.944. The molecular weight excluding hydrogens is 281 g/mol. The molecule has 1 aromatic carbocycles. The van der Waals surface area contributed by atoms with Gasteiger partial charge in [-0.1, -0.05) is 30.3 Å². The molecule has 0 unspecified atom stereocenters. The van der Waals surface area contributed by atoms with E-state index >= 15 is 0 Å². The van der Waals surface area contributed by atoms with Crippen LogP contribution in [0.3, 0.4) is 0 Å². The van der Waals surface area contributed by atoms with Crippen LogP contribution in [0, 0.1) is 0 Å². The molecule has 0 aromatic heterocycles. The first kappa shape index (κ1) is 16.0. The van der Waals surface area contributed by atoms with E-state index in [1.165, 1.54) is 0 Å². The molecule has 5 heteroatoms. The van der Waals surface area contributed by atoms with Crippen molar-refractivity contribution in [1.82, 2.24) is 0 Å². The minimum atomic E-state index is -4.20. The molecule has 0 aliphatic carbocycles. The molecule has 116 valence electrons. The molecular formula is C16H19F3O2. The highest BCUT2D eigenvalue weighted by atomic mass is 19.4. The average molecular weight is 300 g/mol. The molecule has 1 aliphatic heterocycles. The minimum absolute atomic E-state index is 0.0333. The van der Waals surface area contributed by atoms with E-state index < -0.39 is 18.0 Å². The maximum absolute atomic E-state index is 12.6. The zero-order valence-corrected chi connectivity index (χ0v) is 11.8. The zero-order chi connectivity index (χ0) is 15.3. The Hall–Kier alpha value is -1.36. The summed E-state index contributed by atoms with van der Waals surface area (Å²) in [6, 6.07) is 9.34. The molecule has 0 bridgehead atoms. The monoisotopic (exact) mass is 300 g/mol. The molecule has 0 saturated carbocycles. The van der Waals surface area contributed by atoms with Crippen LogP contribution in [0.5, 0.6) is 0 Å². The van der Waals surface area contributed by atoms with E-state index in [2.05, 4.69) is 0 Å². The number of hydrogen-bond acceptors (Lipinski definition) is 2. The van der Waals surface area contributed by atoms with Gasteiger partial charge in [-0.25, -0.2) is 0 Å². The summed E-state index contributed by atoms with van der Waals surface area (Å²) in [5, 5.41) is 0. The lowest BCUT2D eigenvalue weighted by atomic mass is 9.70. The van der Waals surface area contributed by atoms with Crippen LogP contribution < -0.4 is 0 Å². The van der Waals surface area contributed by atoms with Crippen LogP contribution in [-0.2, 0) is 14.9 Å². The van der Waals surface area contributed by atoms with Gasteiger partial charge in [0.25, 0.3) is 0 Å². The Balaban J connectivity index is 2.11. The molecule has 1 aromatic rings. The third-order valence-electron chi connectivity index (χ3n) is 4.07. The summed E-state index contributed by atoms with van der Waals surface area (Å²) in [4.78, 5) is 12.6. The number of Topliss-reactive ketones (excluding diaryl/α,β-unsaturated/α-hetero) is 1. The van der Waals surface area contributed by atoms with Crippen molar-refractivity contribution in [3.8, 4) is 0 Å². The van der Waals surface area contributed by atoms with Crippen molar-refractivity contribution in [2.24, 2.45) is 0 Å². The molecule has 21 heavy (non-hydrogen) atoms. The van der Waals surface area contributed by atoms with E-state index in [1.807, 2.05) is 30.3 Å². The first-order valence-corrected chi connectivity index (χ1v) is 7.17. The van der Waals surface area contributed by atoms with Crippen LogP contribution in [0.15, 0.2) is 30.3 Å². The second-order valence-electron chi connectivity index (χ2n) is 5.45. The van der Waals surface area contributed by atoms with Crippen molar-refractivity contribution in [1.29, 1.82) is 0 Å². The fourth-order valence-electron chi connectivity index (χ4n) is 2.89. The van der Waals surface area contributed by atoms with Gasteiger partial charge in [-0.2, -0.15) is 13.2 Å². The number of halogens is 3. The molecule has 0 radical (unpaired) electrons. The molecule has 0 amide bonds. The third kappa shape index (κ3) is 4.06. The van der Waals surface area contributed by atoms with Crippen LogP contribution in [0.2, 0.25) is 0 Å². The Morgan fingerprint density at radius 3 is 2.33 bits per heavy atom. The summed E-state index contributed by atoms with van der Waals surface area (Å²) >= 11 is 0. The van der Waals surface area contributed by atoms with Gasteiger partial charge in [0.15, 0.2) is 0 Å². The molecule has 1 fully saturated rings. The lowest BCUT2D eigenvalue weighted by Crippen LogP contribution is -2.41. The fraction of sp³-hybridized carbons (Fsp3) is 0.562. The Bertz CT molecular complexity index is 462. The Morgan fingerprint density at radius 1 is 1.14 bits per heavy atom. The predicted molar refractivity (Wildman–Crippen MR) is 73.1 cm³/mol. The van der Waals surface area contributed by atoms with Crippen molar-refractivity contribution in [3.63, 3.8) is 0 Å². The first-order chi connectivity index (χ1) is 9.94. The normalized spacial score (nSPS) is 18.4. The van der Waals surface area contributed by atoms with Crippen molar-refractivity contribution >= 4 is 5.78 Å². The lowest BCUT2D eigenvalue weighted by molar-refractivity contribution is -0.139. The number of benzene rings is 1. The molecule has 0 N–H and O–H groups in total. The van der Waals surface area contributed by atoms with Crippen LogP contribution in [-0.4, -0.2) is 25.2 Å². The maximum Gasteiger partial charge on any atom is 0.389 e. The highest BCUT2D eigenvalue weighted by Crippen LogP contribution is 2.37. The van der Waals surface area contributed by atoms with E-state index in [4.69, 9.17) is 4.74 Å². The van der Waals surface area contributed by atoms with Gasteiger partial charge in [0.2, 0.25) is 0 Å². The van der Waals surface area contributed by atoms with E-state index in [0.29, 0.717) is 26.1 Å². The van der Waals surface area contributed by atoms with Crippen molar-refractivity contribution in [2.45, 2.75) is 43.7 Å². The fourth-order valence-corrected chi connectivity index (χ4v) is 2.89. The second kappa shape index (κ2) is 6.60. The number of carbonyl (C=O) groups excluding carboxylic acids is 1. The van der Waals surface area contributed by atoms with E-state index in [-0.39, 0.29) is 18.6 Å². The SMILES string of the molecule is O=C(CCCC(F)(F)F)C1(c2ccccc2)CCOCC1. The van der Waals surface area contributed by atoms with Crippen molar-refractivity contribution in [3.05, 3.63) is 35.9 Å². The number of ketones is 1. The second-order valence-corrected chi connectivity index (χ2v) is 5.45. The van der Waals surface area contributed by atoms with E-state index in [1.54, 1.807) is 0 Å². The van der Waals surface area contributed by atoms with Gasteiger partial charge in [-0.05, 0) is 24.8 Å². The summed E-state index contributed by atoms with van der Waals surface area (Å²) in [7, 11) is 0. The van der Waals surface area contributed by atoms with Gasteiger partial charge in [-0.15, -0.1) is 0 Å². The first-order valence-electron chi connectivity index (χ1n) is 7.17. The van der Waals surface area contributed by atoms with Gasteiger partial charge in [-0.3, -0.25) is 4.79 Å². The number of ether oxygens (including phenoxy) is 1. The Kier molecular flexibility index (Phi) is 5.04. The largest absolute Gasteiger partial charge is 0.389 e. The number of carbonyl (C=O) groups is 1. The number of alkyl halides is 3. The standard InChI is InChI=1S/C16H19F3O2/c17-16(18,19)8-4-7-14(20)15(9-11-21-12-10-15)13-5-2-1-3-6-13/h1-3,5-6H,4,7-12H2. The maximum atomic E-state index is 12.6. The lowest BCUT2D eigenvalue weighted by Gasteiger charge is -2.36. The topological polar surface area (TPSA) is 26.3 Å².